The molecular formula is C12H13N4O4. The minimum Gasteiger partial charge on any atom is -0.296 e. The van der Waals surface area contributed by atoms with Crippen molar-refractivity contribution in [3.8, 4) is 0 Å². The summed E-state index contributed by atoms with van der Waals surface area (Å²) in [4.78, 5) is 5.19. The van der Waals surface area contributed by atoms with Crippen molar-refractivity contribution in [1.29, 1.82) is 0 Å². The minimum atomic E-state index is 0.344. The van der Waals surface area contributed by atoms with E-state index in [1.165, 1.54) is 12.2 Å². The molecule has 0 bridgehead atoms. The van der Waals surface area contributed by atoms with E-state index in [0.717, 1.165) is 0 Å². The Morgan fingerprint density at radius 1 is 1.20 bits per heavy atom. The van der Waals surface area contributed by atoms with Crippen molar-refractivity contribution in [3.05, 3.63) is 41.6 Å². The highest BCUT2D eigenvalue weighted by atomic mass is 16.9. The first kappa shape index (κ1) is 13.7. The SMILES string of the molecule is [O]/N=C1C=C/C(=[N+](\[O-])ONc2ccc(NO)cc2)CC/1. The van der Waals surface area contributed by atoms with Gasteiger partial charge in [-0.05, 0) is 35.5 Å². The van der Waals surface area contributed by atoms with Crippen LogP contribution in [0.1, 0.15) is 12.8 Å². The summed E-state index contributed by atoms with van der Waals surface area (Å²) in [6, 6.07) is 6.45. The third-order valence-corrected chi connectivity index (χ3v) is 2.72. The first-order valence-electron chi connectivity index (χ1n) is 5.86. The molecule has 2 rings (SSSR count). The molecule has 105 valence electrons. The Kier molecular flexibility index (Phi) is 4.40. The van der Waals surface area contributed by atoms with Crippen LogP contribution in [-0.4, -0.2) is 21.5 Å². The number of rotatable bonds is 4. The van der Waals surface area contributed by atoms with Gasteiger partial charge in [-0.2, -0.15) is 0 Å². The zero-order chi connectivity index (χ0) is 14.4. The first-order valence-corrected chi connectivity index (χ1v) is 5.86. The molecule has 1 aliphatic rings. The van der Waals surface area contributed by atoms with Crippen LogP contribution < -0.4 is 11.0 Å². The molecule has 3 N–H and O–H groups in total. The number of allylic oxidation sites excluding steroid dienone is 2. The van der Waals surface area contributed by atoms with E-state index < -0.39 is 0 Å². The van der Waals surface area contributed by atoms with Crippen molar-refractivity contribution < 1.29 is 20.3 Å². The van der Waals surface area contributed by atoms with Gasteiger partial charge in [-0.15, -0.1) is 5.21 Å². The van der Waals surface area contributed by atoms with Crippen molar-refractivity contribution in [1.82, 2.24) is 0 Å². The second-order valence-electron chi connectivity index (χ2n) is 4.05. The number of nitrogens with one attached hydrogen (secondary N) is 2. The molecule has 0 amide bonds. The minimum absolute atomic E-state index is 0.344. The molecule has 20 heavy (non-hydrogen) atoms. The van der Waals surface area contributed by atoms with Gasteiger partial charge in [0.15, 0.2) is 0 Å². The highest BCUT2D eigenvalue weighted by molar-refractivity contribution is 6.07. The zero-order valence-corrected chi connectivity index (χ0v) is 10.4. The molecule has 1 aliphatic carbocycles. The van der Waals surface area contributed by atoms with Crippen LogP contribution in [0.2, 0.25) is 0 Å². The quantitative estimate of drug-likeness (QED) is 0.574. The lowest BCUT2D eigenvalue weighted by molar-refractivity contribution is -0.732. The number of hydrogen-bond acceptors (Lipinski definition) is 6. The average Bonchev–Trinajstić information content (AvgIpc) is 2.53. The molecule has 1 aromatic rings. The van der Waals surface area contributed by atoms with Crippen molar-refractivity contribution in [2.75, 3.05) is 11.0 Å². The van der Waals surface area contributed by atoms with Crippen LogP contribution in [0.4, 0.5) is 11.4 Å². The van der Waals surface area contributed by atoms with E-state index in [4.69, 9.17) is 10.1 Å². The van der Waals surface area contributed by atoms with E-state index in [1.54, 1.807) is 24.3 Å². The molecule has 0 unspecified atom stereocenters. The molecule has 8 nitrogen and oxygen atoms in total. The Balaban J connectivity index is 1.96. The van der Waals surface area contributed by atoms with Crippen molar-refractivity contribution in [2.24, 2.45) is 5.16 Å². The van der Waals surface area contributed by atoms with Crippen molar-refractivity contribution >= 4 is 22.8 Å². The summed E-state index contributed by atoms with van der Waals surface area (Å²) in [6.45, 7) is 0. The summed E-state index contributed by atoms with van der Waals surface area (Å²) in [7, 11) is 0. The van der Waals surface area contributed by atoms with Crippen molar-refractivity contribution in [2.45, 2.75) is 12.8 Å². The fourth-order valence-electron chi connectivity index (χ4n) is 1.61. The maximum absolute atomic E-state index is 11.7. The summed E-state index contributed by atoms with van der Waals surface area (Å²) in [5.74, 6) is 0. The van der Waals surface area contributed by atoms with E-state index in [-0.39, 0.29) is 0 Å². The van der Waals surface area contributed by atoms with E-state index >= 15 is 0 Å². The van der Waals surface area contributed by atoms with Crippen LogP contribution in [0.25, 0.3) is 0 Å². The maximum Gasteiger partial charge on any atom is 0.247 e. The van der Waals surface area contributed by atoms with Crippen molar-refractivity contribution in [3.63, 3.8) is 0 Å². The Labute approximate surface area is 114 Å². The Morgan fingerprint density at radius 3 is 2.45 bits per heavy atom. The Bertz CT molecular complexity index is 551. The second kappa shape index (κ2) is 6.43. The van der Waals surface area contributed by atoms with Gasteiger partial charge in [0, 0.05) is 18.9 Å². The maximum atomic E-state index is 11.7. The van der Waals surface area contributed by atoms with Crippen LogP contribution in [0, 0.1) is 5.21 Å². The Morgan fingerprint density at radius 2 is 1.90 bits per heavy atom. The van der Waals surface area contributed by atoms with Crippen LogP contribution >= 0.6 is 0 Å². The molecule has 0 saturated heterocycles. The van der Waals surface area contributed by atoms with Gasteiger partial charge in [-0.3, -0.25) is 26.3 Å². The summed E-state index contributed by atoms with van der Waals surface area (Å²) >= 11 is 0. The van der Waals surface area contributed by atoms with Gasteiger partial charge in [0.05, 0.1) is 22.0 Å². The first-order chi connectivity index (χ1) is 9.72. The van der Waals surface area contributed by atoms with E-state index in [0.29, 0.717) is 40.5 Å². The third kappa shape index (κ3) is 3.39. The molecule has 0 aromatic heterocycles. The fraction of sp³-hybridized carbons (Fsp3) is 0.167. The van der Waals surface area contributed by atoms with Gasteiger partial charge in [0.25, 0.3) is 0 Å². The van der Waals surface area contributed by atoms with Gasteiger partial charge >= 0.3 is 0 Å². The molecular weight excluding hydrogens is 264 g/mol. The molecule has 1 radical (unpaired) electrons. The molecule has 1 aromatic carbocycles. The summed E-state index contributed by atoms with van der Waals surface area (Å²) in [5.41, 5.74) is 6.32. The molecule has 0 spiro atoms. The summed E-state index contributed by atoms with van der Waals surface area (Å²) in [5, 5.41) is 33.4. The normalized spacial score (nSPS) is 18.8. The molecule has 0 saturated carbocycles. The van der Waals surface area contributed by atoms with E-state index in [1.807, 2.05) is 5.48 Å². The highest BCUT2D eigenvalue weighted by Gasteiger charge is 2.15. The average molecular weight is 277 g/mol. The lowest BCUT2D eigenvalue weighted by atomic mass is 10.0. The molecule has 0 fully saturated rings. The molecule has 0 aliphatic heterocycles. The van der Waals surface area contributed by atoms with Gasteiger partial charge < -0.3 is 0 Å². The predicted molar refractivity (Wildman–Crippen MR) is 71.7 cm³/mol. The standard InChI is InChI=1S/C12H13N4O4/c17-13-9-1-3-11(4-2-9)15-20-16(19)12-7-5-10(14-18)6-8-12/h1-5,7,13,15,17H,6,8H2/b14-10-,16-12-. The molecule has 8 heteroatoms. The van der Waals surface area contributed by atoms with E-state index in [2.05, 4.69) is 10.6 Å². The van der Waals surface area contributed by atoms with Crippen LogP contribution in [0.3, 0.4) is 0 Å². The predicted octanol–water partition coefficient (Wildman–Crippen LogP) is 1.83. The third-order valence-electron chi connectivity index (χ3n) is 2.72. The number of anilines is 2. The monoisotopic (exact) mass is 277 g/mol. The van der Waals surface area contributed by atoms with Gasteiger partial charge in [0.2, 0.25) is 5.71 Å². The van der Waals surface area contributed by atoms with Crippen LogP contribution in [0.15, 0.2) is 41.6 Å². The molecule has 0 atom stereocenters. The summed E-state index contributed by atoms with van der Waals surface area (Å²) in [6.07, 6.45) is 3.78. The van der Waals surface area contributed by atoms with Gasteiger partial charge in [-0.25, -0.2) is 0 Å². The second-order valence-corrected chi connectivity index (χ2v) is 4.05. The number of hydrogen-bond donors (Lipinski definition) is 3. The smallest absolute Gasteiger partial charge is 0.247 e. The van der Waals surface area contributed by atoms with Crippen LogP contribution in [-0.2, 0) is 10.1 Å². The largest absolute Gasteiger partial charge is 0.296 e. The van der Waals surface area contributed by atoms with Gasteiger partial charge in [0.1, 0.15) is 0 Å². The summed E-state index contributed by atoms with van der Waals surface area (Å²) < 4.78 is 0. The number of nitrogens with zero attached hydrogens (tertiary/aromatic N) is 2. The zero-order valence-electron chi connectivity index (χ0n) is 10.4. The van der Waals surface area contributed by atoms with Crippen LogP contribution in [0.5, 0.6) is 0 Å². The topological polar surface area (TPSA) is 112 Å². The number of benzene rings is 1. The molecule has 0 heterocycles. The Hall–Kier alpha value is -2.74. The van der Waals surface area contributed by atoms with E-state index in [9.17, 15) is 10.4 Å². The lowest BCUT2D eigenvalue weighted by Crippen LogP contribution is -2.21. The fourth-order valence-corrected chi connectivity index (χ4v) is 1.61. The van der Waals surface area contributed by atoms with Gasteiger partial charge in [-0.1, -0.05) is 0 Å². The highest BCUT2D eigenvalue weighted by Crippen LogP contribution is 2.13. The lowest BCUT2D eigenvalue weighted by Gasteiger charge is -2.12.